The zero-order valence-electron chi connectivity index (χ0n) is 25.3. The number of unbranched alkanes of at least 4 members (excludes halogenated alkanes) is 1. The number of nitrogens with one attached hydrogen (secondary N) is 1. The molecule has 3 rings (SSSR count). The van der Waals surface area contributed by atoms with Gasteiger partial charge in [0.25, 0.3) is 0 Å². The molecule has 7 nitrogen and oxygen atoms in total. The van der Waals surface area contributed by atoms with Gasteiger partial charge in [-0.2, -0.15) is 0 Å². The van der Waals surface area contributed by atoms with E-state index in [-0.39, 0.29) is 18.1 Å². The van der Waals surface area contributed by atoms with E-state index in [0.717, 1.165) is 55.1 Å². The average molecular weight is 576 g/mol. The van der Waals surface area contributed by atoms with Crippen molar-refractivity contribution in [3.05, 3.63) is 53.0 Å². The lowest BCUT2D eigenvalue weighted by atomic mass is 9.95. The van der Waals surface area contributed by atoms with Crippen molar-refractivity contribution in [3.63, 3.8) is 0 Å². The van der Waals surface area contributed by atoms with Crippen LogP contribution in [0.5, 0.6) is 5.75 Å². The van der Waals surface area contributed by atoms with Gasteiger partial charge in [0.15, 0.2) is 0 Å². The topological polar surface area (TPSA) is 83.9 Å². The summed E-state index contributed by atoms with van der Waals surface area (Å²) in [5, 5.41) is 13.3. The minimum absolute atomic E-state index is 0.260. The molecule has 0 saturated carbocycles. The summed E-state index contributed by atoms with van der Waals surface area (Å²) in [6, 6.07) is 1.02. The number of pyridine rings is 1. The third kappa shape index (κ3) is 9.10. The SMILES string of the molecule is C=C(F)/C=C(\C(=C/C)CO)C(C(=O)OC(C)(C)C)N1CCC(C(F)CCCCc2cc(OC)c3c(n2)NCCC3)C1. The van der Waals surface area contributed by atoms with E-state index >= 15 is 4.39 Å². The molecule has 1 fully saturated rings. The van der Waals surface area contributed by atoms with Gasteiger partial charge in [-0.25, -0.2) is 18.6 Å². The lowest BCUT2D eigenvalue weighted by molar-refractivity contribution is -0.159. The van der Waals surface area contributed by atoms with Gasteiger partial charge in [-0.3, -0.25) is 4.90 Å². The first-order valence-corrected chi connectivity index (χ1v) is 14.7. The molecule has 1 aromatic rings. The Labute approximate surface area is 243 Å². The number of aliphatic hydroxyl groups is 1. The normalized spacial score (nSPS) is 19.8. The quantitative estimate of drug-likeness (QED) is 0.173. The Morgan fingerprint density at radius 1 is 1.37 bits per heavy atom. The van der Waals surface area contributed by atoms with Crippen molar-refractivity contribution in [2.75, 3.05) is 38.7 Å². The summed E-state index contributed by atoms with van der Waals surface area (Å²) in [5.41, 5.74) is 1.99. The van der Waals surface area contributed by atoms with Crippen molar-refractivity contribution >= 4 is 11.8 Å². The van der Waals surface area contributed by atoms with E-state index in [2.05, 4.69) is 11.9 Å². The molecule has 1 saturated heterocycles. The van der Waals surface area contributed by atoms with Gasteiger partial charge in [0.1, 0.15) is 35.2 Å². The number of esters is 1. The van der Waals surface area contributed by atoms with Crippen LogP contribution in [0.25, 0.3) is 0 Å². The highest BCUT2D eigenvalue weighted by atomic mass is 19.1. The van der Waals surface area contributed by atoms with E-state index < -0.39 is 29.6 Å². The summed E-state index contributed by atoms with van der Waals surface area (Å²) in [6.45, 7) is 11.6. The van der Waals surface area contributed by atoms with Gasteiger partial charge in [-0.1, -0.05) is 19.1 Å². The third-order valence-corrected chi connectivity index (χ3v) is 7.67. The van der Waals surface area contributed by atoms with Gasteiger partial charge in [0.05, 0.1) is 13.7 Å². The second kappa shape index (κ2) is 14.9. The fourth-order valence-electron chi connectivity index (χ4n) is 5.69. The van der Waals surface area contributed by atoms with Crippen LogP contribution in [0, 0.1) is 5.92 Å². The molecule has 0 aliphatic carbocycles. The van der Waals surface area contributed by atoms with Crippen LogP contribution in [0.1, 0.15) is 71.1 Å². The Balaban J connectivity index is 1.64. The zero-order valence-corrected chi connectivity index (χ0v) is 25.3. The number of nitrogens with zero attached hydrogens (tertiary/aromatic N) is 2. The van der Waals surface area contributed by atoms with Crippen LogP contribution in [-0.2, 0) is 22.4 Å². The predicted molar refractivity (Wildman–Crippen MR) is 159 cm³/mol. The molecule has 0 aromatic carbocycles. The molecule has 2 aliphatic rings. The number of carbonyl (C=O) groups excluding carboxylic acids is 1. The molecule has 3 unspecified atom stereocenters. The molecule has 0 radical (unpaired) electrons. The number of fused-ring (bicyclic) bond motifs is 1. The van der Waals surface area contributed by atoms with E-state index in [9.17, 15) is 14.3 Å². The maximum Gasteiger partial charge on any atom is 0.328 e. The lowest BCUT2D eigenvalue weighted by Gasteiger charge is -2.32. The van der Waals surface area contributed by atoms with Gasteiger partial charge < -0.3 is 19.9 Å². The van der Waals surface area contributed by atoms with Crippen LogP contribution in [0.3, 0.4) is 0 Å². The minimum Gasteiger partial charge on any atom is -0.496 e. The Morgan fingerprint density at radius 3 is 2.76 bits per heavy atom. The lowest BCUT2D eigenvalue weighted by Crippen LogP contribution is -2.45. The van der Waals surface area contributed by atoms with Gasteiger partial charge in [0, 0.05) is 36.3 Å². The smallest absolute Gasteiger partial charge is 0.328 e. The van der Waals surface area contributed by atoms with Gasteiger partial charge >= 0.3 is 5.97 Å². The number of hydrogen-bond donors (Lipinski definition) is 2. The number of anilines is 1. The number of methoxy groups -OCH3 is 1. The highest BCUT2D eigenvalue weighted by molar-refractivity contribution is 5.82. The maximum atomic E-state index is 15.5. The number of alkyl halides is 1. The molecule has 41 heavy (non-hydrogen) atoms. The molecule has 3 atom stereocenters. The molecule has 0 bridgehead atoms. The summed E-state index contributed by atoms with van der Waals surface area (Å²) in [7, 11) is 1.68. The van der Waals surface area contributed by atoms with Crippen molar-refractivity contribution in [2.24, 2.45) is 5.92 Å². The molecule has 1 aromatic heterocycles. The van der Waals surface area contributed by atoms with Gasteiger partial charge in [0.2, 0.25) is 0 Å². The monoisotopic (exact) mass is 575 g/mol. The number of rotatable bonds is 13. The summed E-state index contributed by atoms with van der Waals surface area (Å²) in [4.78, 5) is 20.0. The first kappa shape index (κ1) is 32.7. The van der Waals surface area contributed by atoms with Gasteiger partial charge in [-0.05, 0) is 90.0 Å². The van der Waals surface area contributed by atoms with Crippen molar-refractivity contribution in [3.8, 4) is 5.75 Å². The number of likely N-dealkylation sites (tertiary alicyclic amines) is 1. The highest BCUT2D eigenvalue weighted by Gasteiger charge is 2.40. The zero-order chi connectivity index (χ0) is 30.2. The molecule has 3 heterocycles. The Kier molecular flexibility index (Phi) is 11.9. The van der Waals surface area contributed by atoms with Crippen LogP contribution < -0.4 is 10.1 Å². The van der Waals surface area contributed by atoms with Crippen LogP contribution in [-0.4, -0.2) is 72.1 Å². The molecule has 9 heteroatoms. The number of carbonyl (C=O) groups is 1. The molecular formula is C32H47F2N3O4. The largest absolute Gasteiger partial charge is 0.496 e. The van der Waals surface area contributed by atoms with E-state index in [1.54, 1.807) is 40.9 Å². The standard InChI is InChI=1S/C32H47F2N3O4/c1-7-22(20-38)26(17-21(2)33)29(31(39)41-32(3,4)5)37-16-14-23(19-37)27(34)13-9-8-11-24-18-28(40-6)25-12-10-15-35-30(25)36-24/h7,17-18,23,27,29,38H,2,8-16,19-20H2,1,3-6H3,(H,35,36)/b22-7-,26-17+. The van der Waals surface area contributed by atoms with Crippen molar-refractivity contribution in [2.45, 2.75) is 90.5 Å². The van der Waals surface area contributed by atoms with Crippen molar-refractivity contribution in [1.82, 2.24) is 9.88 Å². The van der Waals surface area contributed by atoms with Crippen LogP contribution >= 0.6 is 0 Å². The van der Waals surface area contributed by atoms with Gasteiger partial charge in [-0.15, -0.1) is 0 Å². The first-order chi connectivity index (χ1) is 19.5. The van der Waals surface area contributed by atoms with E-state index in [4.69, 9.17) is 14.5 Å². The predicted octanol–water partition coefficient (Wildman–Crippen LogP) is 5.88. The van der Waals surface area contributed by atoms with Crippen LogP contribution in [0.15, 0.2) is 41.8 Å². The summed E-state index contributed by atoms with van der Waals surface area (Å²) in [5.74, 6) is 0.201. The number of aromatic nitrogens is 1. The number of aryl methyl sites for hydroxylation is 1. The second-order valence-corrected chi connectivity index (χ2v) is 11.9. The highest BCUT2D eigenvalue weighted by Crippen LogP contribution is 2.33. The summed E-state index contributed by atoms with van der Waals surface area (Å²) in [6.07, 6.45) is 7.02. The van der Waals surface area contributed by atoms with Crippen molar-refractivity contribution in [1.29, 1.82) is 0 Å². The average Bonchev–Trinajstić information content (AvgIpc) is 3.39. The fourth-order valence-corrected chi connectivity index (χ4v) is 5.69. The molecule has 0 spiro atoms. The first-order valence-electron chi connectivity index (χ1n) is 14.7. The molecule has 2 aliphatic heterocycles. The van der Waals surface area contributed by atoms with E-state index in [0.29, 0.717) is 37.9 Å². The molecule has 228 valence electrons. The Hall–Kier alpha value is -2.78. The fraction of sp³-hybridized carbons (Fsp3) is 0.625. The minimum atomic E-state index is -1.03. The number of allylic oxidation sites excluding steroid dienone is 3. The van der Waals surface area contributed by atoms with Crippen LogP contribution in [0.4, 0.5) is 14.6 Å². The van der Waals surface area contributed by atoms with E-state index in [1.165, 1.54) is 6.08 Å². The number of ether oxygens (including phenoxy) is 2. The number of hydrogen-bond acceptors (Lipinski definition) is 7. The summed E-state index contributed by atoms with van der Waals surface area (Å²) >= 11 is 0. The number of aliphatic hydroxyl groups excluding tert-OH is 1. The Bertz CT molecular complexity index is 1110. The number of halogens is 2. The Morgan fingerprint density at radius 2 is 2.12 bits per heavy atom. The third-order valence-electron chi connectivity index (χ3n) is 7.67. The molecule has 0 amide bonds. The summed E-state index contributed by atoms with van der Waals surface area (Å²) < 4.78 is 40.8. The van der Waals surface area contributed by atoms with Crippen LogP contribution in [0.2, 0.25) is 0 Å². The van der Waals surface area contributed by atoms with Crippen molar-refractivity contribution < 1.29 is 28.2 Å². The van der Waals surface area contributed by atoms with E-state index in [1.807, 2.05) is 11.0 Å². The molecule has 2 N–H and O–H groups in total. The maximum absolute atomic E-state index is 15.5. The second-order valence-electron chi connectivity index (χ2n) is 11.9. The molecular weight excluding hydrogens is 528 g/mol.